The van der Waals surface area contributed by atoms with Crippen molar-refractivity contribution in [1.82, 2.24) is 5.32 Å². The summed E-state index contributed by atoms with van der Waals surface area (Å²) < 4.78 is 13.0. The molecule has 1 heterocycles. The fourth-order valence-electron chi connectivity index (χ4n) is 3.24. The van der Waals surface area contributed by atoms with Crippen LogP contribution in [0.1, 0.15) is 45.6 Å². The maximum atomic E-state index is 13.0. The molecule has 1 nitrogen and oxygen atoms in total. The topological polar surface area (TPSA) is 12.0 Å². The molecule has 2 heteroatoms. The monoisotopic (exact) mass is 249 g/mol. The van der Waals surface area contributed by atoms with Gasteiger partial charge in [-0.25, -0.2) is 4.39 Å². The molecular formula is C16H24FN. The predicted molar refractivity (Wildman–Crippen MR) is 74.1 cm³/mol. The van der Waals surface area contributed by atoms with Gasteiger partial charge in [-0.05, 0) is 55.3 Å². The lowest BCUT2D eigenvalue weighted by Gasteiger charge is -2.36. The van der Waals surface area contributed by atoms with Crippen LogP contribution in [-0.4, -0.2) is 12.1 Å². The highest BCUT2D eigenvalue weighted by Gasteiger charge is 2.36. The Morgan fingerprint density at radius 1 is 1.22 bits per heavy atom. The van der Waals surface area contributed by atoms with Crippen LogP contribution >= 0.6 is 0 Å². The zero-order valence-corrected chi connectivity index (χ0v) is 11.7. The van der Waals surface area contributed by atoms with E-state index in [-0.39, 0.29) is 11.4 Å². The lowest BCUT2D eigenvalue weighted by atomic mass is 9.76. The first-order chi connectivity index (χ1) is 8.39. The highest BCUT2D eigenvalue weighted by atomic mass is 19.1. The van der Waals surface area contributed by atoms with Crippen molar-refractivity contribution in [3.8, 4) is 0 Å². The summed E-state index contributed by atoms with van der Waals surface area (Å²) in [6.45, 7) is 7.98. The number of rotatable bonds is 3. The summed E-state index contributed by atoms with van der Waals surface area (Å²) >= 11 is 0. The average molecular weight is 249 g/mol. The summed E-state index contributed by atoms with van der Waals surface area (Å²) in [6.07, 6.45) is 4.64. The van der Waals surface area contributed by atoms with E-state index >= 15 is 0 Å². The molecule has 1 aromatic rings. The minimum absolute atomic E-state index is 0.150. The summed E-state index contributed by atoms with van der Waals surface area (Å²) in [4.78, 5) is 0. The summed E-state index contributed by atoms with van der Waals surface area (Å²) in [5.41, 5.74) is 1.75. The lowest BCUT2D eigenvalue weighted by Crippen LogP contribution is -2.44. The quantitative estimate of drug-likeness (QED) is 0.856. The van der Waals surface area contributed by atoms with E-state index in [0.717, 1.165) is 19.4 Å². The Kier molecular flexibility index (Phi) is 3.76. The van der Waals surface area contributed by atoms with Gasteiger partial charge in [0.1, 0.15) is 5.82 Å². The third-order valence-corrected chi connectivity index (χ3v) is 3.66. The van der Waals surface area contributed by atoms with Gasteiger partial charge >= 0.3 is 0 Å². The van der Waals surface area contributed by atoms with Gasteiger partial charge in [0, 0.05) is 5.54 Å². The van der Waals surface area contributed by atoms with Crippen molar-refractivity contribution in [2.24, 2.45) is 5.41 Å². The molecule has 0 radical (unpaired) electrons. The van der Waals surface area contributed by atoms with Gasteiger partial charge in [-0.2, -0.15) is 0 Å². The SMILES string of the molecule is CC(C)(C)CC1(Cc2ccc(F)cc2)CCCN1. The fraction of sp³-hybridized carbons (Fsp3) is 0.625. The molecule has 100 valence electrons. The Hall–Kier alpha value is -0.890. The van der Waals surface area contributed by atoms with Crippen LogP contribution in [0.2, 0.25) is 0 Å². The molecule has 1 aliphatic heterocycles. The van der Waals surface area contributed by atoms with Crippen LogP contribution in [0.3, 0.4) is 0 Å². The van der Waals surface area contributed by atoms with Gasteiger partial charge in [0.2, 0.25) is 0 Å². The van der Waals surface area contributed by atoms with Crippen molar-refractivity contribution < 1.29 is 4.39 Å². The van der Waals surface area contributed by atoms with Crippen molar-refractivity contribution >= 4 is 0 Å². The van der Waals surface area contributed by atoms with Crippen LogP contribution in [0.4, 0.5) is 4.39 Å². The van der Waals surface area contributed by atoms with E-state index < -0.39 is 0 Å². The first-order valence-corrected chi connectivity index (χ1v) is 6.88. The second-order valence-electron chi connectivity index (χ2n) is 6.85. The van der Waals surface area contributed by atoms with Crippen molar-refractivity contribution in [3.05, 3.63) is 35.6 Å². The smallest absolute Gasteiger partial charge is 0.123 e. The minimum atomic E-state index is -0.150. The molecule has 1 unspecified atom stereocenters. The molecule has 1 saturated heterocycles. The highest BCUT2D eigenvalue weighted by Crippen LogP contribution is 2.35. The van der Waals surface area contributed by atoms with Crippen LogP contribution in [-0.2, 0) is 6.42 Å². The lowest BCUT2D eigenvalue weighted by molar-refractivity contribution is 0.229. The van der Waals surface area contributed by atoms with E-state index in [9.17, 15) is 4.39 Å². The molecule has 0 bridgehead atoms. The average Bonchev–Trinajstić information content (AvgIpc) is 2.67. The Bertz CT molecular complexity index is 383. The Morgan fingerprint density at radius 2 is 1.89 bits per heavy atom. The molecule has 1 atom stereocenters. The number of halogens is 1. The minimum Gasteiger partial charge on any atom is -0.311 e. The first kappa shape index (κ1) is 13.5. The van der Waals surface area contributed by atoms with Gasteiger partial charge in [-0.1, -0.05) is 32.9 Å². The van der Waals surface area contributed by atoms with Crippen LogP contribution < -0.4 is 5.32 Å². The van der Waals surface area contributed by atoms with Gasteiger partial charge in [0.05, 0.1) is 0 Å². The van der Waals surface area contributed by atoms with Crippen molar-refractivity contribution in [2.75, 3.05) is 6.54 Å². The molecule has 0 spiro atoms. The van der Waals surface area contributed by atoms with E-state index in [2.05, 4.69) is 26.1 Å². The van der Waals surface area contributed by atoms with Gasteiger partial charge in [-0.3, -0.25) is 0 Å². The largest absolute Gasteiger partial charge is 0.311 e. The predicted octanol–water partition coefficient (Wildman–Crippen LogP) is 3.93. The van der Waals surface area contributed by atoms with Crippen molar-refractivity contribution in [2.45, 2.75) is 52.0 Å². The highest BCUT2D eigenvalue weighted by molar-refractivity contribution is 5.20. The fourth-order valence-corrected chi connectivity index (χ4v) is 3.24. The molecule has 1 fully saturated rings. The number of hydrogen-bond donors (Lipinski definition) is 1. The first-order valence-electron chi connectivity index (χ1n) is 6.88. The summed E-state index contributed by atoms with van der Waals surface area (Å²) in [7, 11) is 0. The molecule has 0 saturated carbocycles. The summed E-state index contributed by atoms with van der Waals surface area (Å²) in [5.74, 6) is -0.150. The van der Waals surface area contributed by atoms with E-state index in [1.54, 1.807) is 12.1 Å². The number of benzene rings is 1. The second kappa shape index (κ2) is 5.00. The molecule has 0 amide bonds. The van der Waals surface area contributed by atoms with E-state index in [0.29, 0.717) is 5.41 Å². The standard InChI is InChI=1S/C16H24FN/c1-15(2,3)12-16(9-4-10-18-16)11-13-5-7-14(17)8-6-13/h5-8,18H,4,9-12H2,1-3H3. The third kappa shape index (κ3) is 3.55. The van der Waals surface area contributed by atoms with E-state index in [1.807, 2.05) is 12.1 Å². The third-order valence-electron chi connectivity index (χ3n) is 3.66. The molecule has 0 aromatic heterocycles. The number of hydrogen-bond acceptors (Lipinski definition) is 1. The molecule has 1 aliphatic rings. The van der Waals surface area contributed by atoms with Crippen molar-refractivity contribution in [3.63, 3.8) is 0 Å². The van der Waals surface area contributed by atoms with Gasteiger partial charge < -0.3 is 5.32 Å². The molecular weight excluding hydrogens is 225 g/mol. The maximum absolute atomic E-state index is 13.0. The molecule has 0 aliphatic carbocycles. The van der Waals surface area contributed by atoms with Crippen LogP contribution in [0.25, 0.3) is 0 Å². The Balaban J connectivity index is 2.13. The Morgan fingerprint density at radius 3 is 2.39 bits per heavy atom. The van der Waals surface area contributed by atoms with Crippen LogP contribution in [0, 0.1) is 11.2 Å². The molecule has 1 N–H and O–H groups in total. The summed E-state index contributed by atoms with van der Waals surface area (Å²) in [5, 5.41) is 3.70. The Labute approximate surface area is 110 Å². The van der Waals surface area contributed by atoms with Gasteiger partial charge in [0.15, 0.2) is 0 Å². The summed E-state index contributed by atoms with van der Waals surface area (Å²) in [6, 6.07) is 6.96. The normalized spacial score (nSPS) is 24.4. The zero-order chi connectivity index (χ0) is 13.2. The molecule has 18 heavy (non-hydrogen) atoms. The van der Waals surface area contributed by atoms with E-state index in [4.69, 9.17) is 0 Å². The number of nitrogens with one attached hydrogen (secondary N) is 1. The zero-order valence-electron chi connectivity index (χ0n) is 11.7. The van der Waals surface area contributed by atoms with Crippen LogP contribution in [0.15, 0.2) is 24.3 Å². The van der Waals surface area contributed by atoms with Gasteiger partial charge in [-0.15, -0.1) is 0 Å². The molecule has 1 aromatic carbocycles. The maximum Gasteiger partial charge on any atom is 0.123 e. The van der Waals surface area contributed by atoms with E-state index in [1.165, 1.54) is 18.4 Å². The second-order valence-corrected chi connectivity index (χ2v) is 6.85. The molecule has 2 rings (SSSR count). The van der Waals surface area contributed by atoms with Gasteiger partial charge in [0.25, 0.3) is 0 Å². The van der Waals surface area contributed by atoms with Crippen LogP contribution in [0.5, 0.6) is 0 Å². The van der Waals surface area contributed by atoms with Crippen molar-refractivity contribution in [1.29, 1.82) is 0 Å².